The Morgan fingerprint density at radius 1 is 1.42 bits per heavy atom. The van der Waals surface area contributed by atoms with Crippen molar-refractivity contribution in [3.63, 3.8) is 0 Å². The first-order valence-corrected chi connectivity index (χ1v) is 6.87. The van der Waals surface area contributed by atoms with Crippen LogP contribution in [0.5, 0.6) is 5.75 Å². The number of ether oxygens (including phenoxy) is 2. The van der Waals surface area contributed by atoms with Crippen LogP contribution in [0, 0.1) is 5.41 Å². The molecule has 1 fully saturated rings. The predicted molar refractivity (Wildman–Crippen MR) is 73.9 cm³/mol. The number of para-hydroxylation sites is 1. The van der Waals surface area contributed by atoms with E-state index in [1.165, 1.54) is 11.3 Å². The number of rotatable bonds is 4. The Labute approximate surface area is 113 Å². The highest BCUT2D eigenvalue weighted by molar-refractivity contribution is 5.65. The summed E-state index contributed by atoms with van der Waals surface area (Å²) in [6.07, 6.45) is 2.26. The number of fused-ring (bicyclic) bond motifs is 1. The first-order chi connectivity index (χ1) is 9.28. The fourth-order valence-electron chi connectivity index (χ4n) is 3.05. The van der Waals surface area contributed by atoms with Crippen LogP contribution in [-0.4, -0.2) is 45.1 Å². The Kier molecular flexibility index (Phi) is 3.37. The molecule has 104 valence electrons. The maximum atomic E-state index is 9.60. The van der Waals surface area contributed by atoms with Crippen LogP contribution in [0.3, 0.4) is 0 Å². The van der Waals surface area contributed by atoms with Crippen molar-refractivity contribution in [2.24, 2.45) is 5.41 Å². The molecule has 1 saturated heterocycles. The van der Waals surface area contributed by atoms with E-state index in [9.17, 15) is 5.11 Å². The van der Waals surface area contributed by atoms with E-state index in [0.717, 1.165) is 31.7 Å². The van der Waals surface area contributed by atoms with Crippen LogP contribution in [0.4, 0.5) is 5.69 Å². The van der Waals surface area contributed by atoms with E-state index in [-0.39, 0.29) is 12.0 Å². The van der Waals surface area contributed by atoms with E-state index in [4.69, 9.17) is 9.47 Å². The van der Waals surface area contributed by atoms with Crippen molar-refractivity contribution in [1.29, 1.82) is 0 Å². The van der Waals surface area contributed by atoms with Gasteiger partial charge in [-0.1, -0.05) is 12.1 Å². The minimum absolute atomic E-state index is 0.0878. The van der Waals surface area contributed by atoms with Crippen LogP contribution in [0.1, 0.15) is 12.0 Å². The summed E-state index contributed by atoms with van der Waals surface area (Å²) in [5.74, 6) is 0.936. The number of aliphatic hydroxyl groups is 1. The summed E-state index contributed by atoms with van der Waals surface area (Å²) in [6, 6.07) is 6.24. The van der Waals surface area contributed by atoms with Crippen molar-refractivity contribution in [3.8, 4) is 5.75 Å². The number of aliphatic hydroxyl groups excluding tert-OH is 1. The number of hydrogen-bond acceptors (Lipinski definition) is 4. The van der Waals surface area contributed by atoms with Gasteiger partial charge in [-0.25, -0.2) is 0 Å². The lowest BCUT2D eigenvalue weighted by molar-refractivity contribution is -0.131. The molecule has 0 amide bonds. The van der Waals surface area contributed by atoms with Gasteiger partial charge in [-0.2, -0.15) is 0 Å². The summed E-state index contributed by atoms with van der Waals surface area (Å²) >= 11 is 0. The van der Waals surface area contributed by atoms with Gasteiger partial charge >= 0.3 is 0 Å². The fourth-order valence-corrected chi connectivity index (χ4v) is 3.05. The van der Waals surface area contributed by atoms with Gasteiger partial charge < -0.3 is 19.5 Å². The highest BCUT2D eigenvalue weighted by atomic mass is 16.5. The number of hydrogen-bond donors (Lipinski definition) is 1. The molecule has 2 aliphatic heterocycles. The van der Waals surface area contributed by atoms with Gasteiger partial charge in [-0.15, -0.1) is 0 Å². The van der Waals surface area contributed by atoms with Crippen LogP contribution in [-0.2, 0) is 11.2 Å². The summed E-state index contributed by atoms with van der Waals surface area (Å²) in [6.45, 7) is 3.37. The van der Waals surface area contributed by atoms with Gasteiger partial charge in [0.15, 0.2) is 0 Å². The zero-order valence-electron chi connectivity index (χ0n) is 11.4. The average Bonchev–Trinajstić information content (AvgIpc) is 2.42. The van der Waals surface area contributed by atoms with Crippen LogP contribution < -0.4 is 9.64 Å². The first-order valence-electron chi connectivity index (χ1n) is 6.87. The smallest absolute Gasteiger partial charge is 0.142 e. The lowest BCUT2D eigenvalue weighted by Crippen LogP contribution is -2.54. The second-order valence-corrected chi connectivity index (χ2v) is 5.64. The van der Waals surface area contributed by atoms with Crippen LogP contribution in [0.25, 0.3) is 0 Å². The number of nitrogens with zero attached hydrogens (tertiary/aromatic N) is 1. The normalized spacial score (nSPS) is 20.6. The van der Waals surface area contributed by atoms with Gasteiger partial charge in [0.05, 0.1) is 38.0 Å². The van der Waals surface area contributed by atoms with E-state index in [0.29, 0.717) is 13.2 Å². The highest BCUT2D eigenvalue weighted by Gasteiger charge is 2.40. The zero-order chi connectivity index (χ0) is 13.3. The molecule has 3 rings (SSSR count). The van der Waals surface area contributed by atoms with E-state index in [1.54, 1.807) is 7.11 Å². The molecule has 0 saturated carbocycles. The summed E-state index contributed by atoms with van der Waals surface area (Å²) in [7, 11) is 1.72. The van der Waals surface area contributed by atoms with Crippen LogP contribution in [0.15, 0.2) is 18.2 Å². The molecule has 2 heterocycles. The molecule has 0 atom stereocenters. The molecule has 1 N–H and O–H groups in total. The zero-order valence-corrected chi connectivity index (χ0v) is 11.4. The molecule has 0 unspecified atom stereocenters. The molecule has 4 heteroatoms. The minimum atomic E-state index is -0.0878. The molecule has 0 aliphatic carbocycles. The average molecular weight is 263 g/mol. The van der Waals surface area contributed by atoms with E-state index in [1.807, 2.05) is 6.07 Å². The number of aryl methyl sites for hydroxylation is 1. The van der Waals surface area contributed by atoms with Crippen molar-refractivity contribution in [2.45, 2.75) is 12.8 Å². The van der Waals surface area contributed by atoms with E-state index < -0.39 is 0 Å². The number of benzene rings is 1. The maximum Gasteiger partial charge on any atom is 0.142 e. The minimum Gasteiger partial charge on any atom is -0.495 e. The molecular weight excluding hydrogens is 242 g/mol. The molecule has 4 nitrogen and oxygen atoms in total. The Morgan fingerprint density at radius 2 is 2.26 bits per heavy atom. The number of methoxy groups -OCH3 is 1. The van der Waals surface area contributed by atoms with Crippen LogP contribution >= 0.6 is 0 Å². The Morgan fingerprint density at radius 3 is 2.89 bits per heavy atom. The monoisotopic (exact) mass is 263 g/mol. The lowest BCUT2D eigenvalue weighted by atomic mass is 9.85. The van der Waals surface area contributed by atoms with Crippen molar-refractivity contribution in [3.05, 3.63) is 23.8 Å². The third-order valence-electron chi connectivity index (χ3n) is 4.17. The van der Waals surface area contributed by atoms with Crippen molar-refractivity contribution < 1.29 is 14.6 Å². The summed E-state index contributed by atoms with van der Waals surface area (Å²) < 4.78 is 10.8. The molecule has 19 heavy (non-hydrogen) atoms. The molecule has 1 aromatic carbocycles. The molecule has 0 aromatic heterocycles. The Bertz CT molecular complexity index is 437. The second-order valence-electron chi connectivity index (χ2n) is 5.64. The quantitative estimate of drug-likeness (QED) is 0.893. The van der Waals surface area contributed by atoms with Gasteiger partial charge in [-0.05, 0) is 24.5 Å². The number of anilines is 1. The van der Waals surface area contributed by atoms with Gasteiger partial charge in [0.2, 0.25) is 0 Å². The van der Waals surface area contributed by atoms with Crippen molar-refractivity contribution in [1.82, 2.24) is 0 Å². The maximum absolute atomic E-state index is 9.60. The Hall–Kier alpha value is -1.26. The SMILES string of the molecule is COc1cccc2c1N(CC1(CO)COC1)CCC2. The second kappa shape index (κ2) is 5.02. The van der Waals surface area contributed by atoms with E-state index in [2.05, 4.69) is 17.0 Å². The van der Waals surface area contributed by atoms with Crippen LogP contribution in [0.2, 0.25) is 0 Å². The summed E-state index contributed by atoms with van der Waals surface area (Å²) in [5, 5.41) is 9.60. The van der Waals surface area contributed by atoms with Crippen molar-refractivity contribution >= 4 is 5.69 Å². The molecule has 0 spiro atoms. The molecule has 0 bridgehead atoms. The predicted octanol–water partition coefficient (Wildman–Crippen LogP) is 1.46. The molecular formula is C15H21NO3. The lowest BCUT2D eigenvalue weighted by Gasteiger charge is -2.45. The third-order valence-corrected chi connectivity index (χ3v) is 4.17. The van der Waals surface area contributed by atoms with Gasteiger partial charge in [0, 0.05) is 13.1 Å². The summed E-state index contributed by atoms with van der Waals surface area (Å²) in [5.41, 5.74) is 2.46. The van der Waals surface area contributed by atoms with Gasteiger partial charge in [0.25, 0.3) is 0 Å². The van der Waals surface area contributed by atoms with E-state index >= 15 is 0 Å². The molecule has 0 radical (unpaired) electrons. The first kappa shape index (κ1) is 12.8. The Balaban J connectivity index is 1.89. The molecule has 2 aliphatic rings. The highest BCUT2D eigenvalue weighted by Crippen LogP contribution is 2.39. The van der Waals surface area contributed by atoms with Gasteiger partial charge in [0.1, 0.15) is 5.75 Å². The van der Waals surface area contributed by atoms with Gasteiger partial charge in [-0.3, -0.25) is 0 Å². The van der Waals surface area contributed by atoms with Crippen molar-refractivity contribution in [2.75, 3.05) is 44.9 Å². The molecule has 1 aromatic rings. The topological polar surface area (TPSA) is 41.9 Å². The largest absolute Gasteiger partial charge is 0.495 e. The standard InChI is InChI=1S/C15H21NO3/c1-18-13-6-2-4-12-5-3-7-16(14(12)13)8-15(9-17)10-19-11-15/h2,4,6,17H,3,5,7-11H2,1H3. The third kappa shape index (κ3) is 2.19. The fraction of sp³-hybridized carbons (Fsp3) is 0.600. The summed E-state index contributed by atoms with van der Waals surface area (Å²) in [4.78, 5) is 2.36.